The van der Waals surface area contributed by atoms with Crippen LogP contribution in [0.25, 0.3) is 0 Å². The zero-order valence-corrected chi connectivity index (χ0v) is 7.03. The molecule has 1 atom stereocenters. The number of hydrogen-bond donors (Lipinski definition) is 2. The van der Waals surface area contributed by atoms with Crippen molar-refractivity contribution in [1.29, 1.82) is 0 Å². The molecule has 2 fully saturated rings. The van der Waals surface area contributed by atoms with Gasteiger partial charge in [0, 0.05) is 19.6 Å². The summed E-state index contributed by atoms with van der Waals surface area (Å²) in [6, 6.07) is 0. The lowest BCUT2D eigenvalue weighted by molar-refractivity contribution is 0.347. The van der Waals surface area contributed by atoms with Gasteiger partial charge in [-0.1, -0.05) is 12.8 Å². The smallest absolute Gasteiger partial charge is 0.0157 e. The quantitative estimate of drug-likeness (QED) is 0.500. The van der Waals surface area contributed by atoms with Crippen molar-refractivity contribution in [3.05, 3.63) is 0 Å². The maximum atomic E-state index is 4.35. The molecule has 2 saturated heterocycles. The van der Waals surface area contributed by atoms with Crippen molar-refractivity contribution in [2.75, 3.05) is 26.2 Å². The van der Waals surface area contributed by atoms with E-state index in [0.29, 0.717) is 5.41 Å². The molecule has 0 amide bonds. The Labute approximate surface area is 67.5 Å². The SMILES string of the molecule is SN1CCC2(CCNC2)C1. The van der Waals surface area contributed by atoms with Gasteiger partial charge in [0.25, 0.3) is 0 Å². The van der Waals surface area contributed by atoms with Gasteiger partial charge >= 0.3 is 0 Å². The fourth-order valence-electron chi connectivity index (χ4n) is 2.06. The van der Waals surface area contributed by atoms with E-state index in [2.05, 4.69) is 22.4 Å². The highest BCUT2D eigenvalue weighted by atomic mass is 32.1. The lowest BCUT2D eigenvalue weighted by Crippen LogP contribution is -2.25. The Morgan fingerprint density at radius 2 is 2.30 bits per heavy atom. The van der Waals surface area contributed by atoms with Gasteiger partial charge in [0.15, 0.2) is 0 Å². The lowest BCUT2D eigenvalue weighted by Gasteiger charge is -2.20. The summed E-state index contributed by atoms with van der Waals surface area (Å²) in [5.41, 5.74) is 0.599. The molecule has 1 unspecified atom stereocenters. The van der Waals surface area contributed by atoms with Crippen LogP contribution in [-0.4, -0.2) is 30.5 Å². The summed E-state index contributed by atoms with van der Waals surface area (Å²) in [4.78, 5) is 0. The van der Waals surface area contributed by atoms with Crippen LogP contribution in [0.5, 0.6) is 0 Å². The number of rotatable bonds is 0. The molecule has 0 bridgehead atoms. The van der Waals surface area contributed by atoms with E-state index in [1.165, 1.54) is 39.0 Å². The van der Waals surface area contributed by atoms with Gasteiger partial charge in [0.1, 0.15) is 0 Å². The highest BCUT2D eigenvalue weighted by molar-refractivity contribution is 7.77. The Morgan fingerprint density at radius 1 is 1.40 bits per heavy atom. The van der Waals surface area contributed by atoms with Crippen molar-refractivity contribution in [2.24, 2.45) is 5.41 Å². The standard InChI is InChI=1S/C7H14N2S/c10-9-4-2-7(6-9)1-3-8-5-7/h8,10H,1-6H2. The normalized spacial score (nSPS) is 41.7. The van der Waals surface area contributed by atoms with Crippen LogP contribution >= 0.6 is 12.8 Å². The molecule has 2 nitrogen and oxygen atoms in total. The predicted molar refractivity (Wildman–Crippen MR) is 45.1 cm³/mol. The first-order chi connectivity index (χ1) is 4.81. The minimum absolute atomic E-state index is 0.599. The monoisotopic (exact) mass is 158 g/mol. The second-order valence-electron chi connectivity index (χ2n) is 3.56. The van der Waals surface area contributed by atoms with Gasteiger partial charge < -0.3 is 5.32 Å². The average molecular weight is 158 g/mol. The summed E-state index contributed by atoms with van der Waals surface area (Å²) in [6.07, 6.45) is 2.69. The molecule has 0 saturated carbocycles. The van der Waals surface area contributed by atoms with Crippen molar-refractivity contribution in [2.45, 2.75) is 12.8 Å². The van der Waals surface area contributed by atoms with Gasteiger partial charge in [-0.3, -0.25) is 4.31 Å². The molecule has 1 spiro atoms. The summed E-state index contributed by atoms with van der Waals surface area (Å²) < 4.78 is 2.15. The van der Waals surface area contributed by atoms with Crippen molar-refractivity contribution < 1.29 is 0 Å². The number of nitrogens with zero attached hydrogens (tertiary/aromatic N) is 1. The second-order valence-corrected chi connectivity index (χ2v) is 4.13. The Balaban J connectivity index is 2.03. The Morgan fingerprint density at radius 3 is 2.80 bits per heavy atom. The zero-order valence-electron chi connectivity index (χ0n) is 6.14. The molecule has 2 heterocycles. The Kier molecular flexibility index (Phi) is 1.66. The van der Waals surface area contributed by atoms with E-state index in [0.717, 1.165) is 0 Å². The van der Waals surface area contributed by atoms with Crippen molar-refractivity contribution in [3.8, 4) is 0 Å². The third kappa shape index (κ3) is 1.06. The van der Waals surface area contributed by atoms with Crippen LogP contribution in [0.2, 0.25) is 0 Å². The van der Waals surface area contributed by atoms with Crippen LogP contribution < -0.4 is 5.32 Å². The summed E-state index contributed by atoms with van der Waals surface area (Å²) in [5, 5.41) is 3.41. The van der Waals surface area contributed by atoms with Crippen LogP contribution in [0, 0.1) is 5.41 Å². The van der Waals surface area contributed by atoms with Crippen molar-refractivity contribution in [1.82, 2.24) is 9.62 Å². The highest BCUT2D eigenvalue weighted by Crippen LogP contribution is 2.36. The summed E-state index contributed by atoms with van der Waals surface area (Å²) in [7, 11) is 0. The van der Waals surface area contributed by atoms with E-state index in [1.54, 1.807) is 0 Å². The fraction of sp³-hybridized carbons (Fsp3) is 1.00. The third-order valence-electron chi connectivity index (χ3n) is 2.75. The summed E-state index contributed by atoms with van der Waals surface area (Å²) in [6.45, 7) is 4.78. The summed E-state index contributed by atoms with van der Waals surface area (Å²) in [5.74, 6) is 0. The van der Waals surface area contributed by atoms with E-state index >= 15 is 0 Å². The first-order valence-corrected chi connectivity index (χ1v) is 4.35. The maximum absolute atomic E-state index is 4.35. The summed E-state index contributed by atoms with van der Waals surface area (Å²) >= 11 is 4.35. The highest BCUT2D eigenvalue weighted by Gasteiger charge is 2.39. The molecule has 2 aliphatic rings. The van der Waals surface area contributed by atoms with Crippen LogP contribution in [-0.2, 0) is 0 Å². The third-order valence-corrected chi connectivity index (χ3v) is 3.09. The van der Waals surface area contributed by atoms with E-state index in [9.17, 15) is 0 Å². The predicted octanol–water partition coefficient (Wildman–Crippen LogP) is 0.517. The Bertz CT molecular complexity index is 132. The number of nitrogens with one attached hydrogen (secondary N) is 1. The molecular weight excluding hydrogens is 144 g/mol. The molecule has 0 aromatic heterocycles. The first kappa shape index (κ1) is 6.95. The van der Waals surface area contributed by atoms with Crippen LogP contribution in [0.1, 0.15) is 12.8 Å². The first-order valence-electron chi connectivity index (χ1n) is 3.95. The van der Waals surface area contributed by atoms with Crippen LogP contribution in [0.15, 0.2) is 0 Å². The largest absolute Gasteiger partial charge is 0.316 e. The number of thiol groups is 1. The molecule has 0 aromatic rings. The van der Waals surface area contributed by atoms with E-state index in [-0.39, 0.29) is 0 Å². The van der Waals surface area contributed by atoms with Crippen LogP contribution in [0.4, 0.5) is 0 Å². The van der Waals surface area contributed by atoms with E-state index in [4.69, 9.17) is 0 Å². The molecule has 0 aromatic carbocycles. The molecule has 0 aliphatic carbocycles. The molecular formula is C7H14N2S. The maximum Gasteiger partial charge on any atom is 0.0157 e. The molecule has 2 aliphatic heterocycles. The molecule has 0 radical (unpaired) electrons. The number of hydrogen-bond acceptors (Lipinski definition) is 3. The topological polar surface area (TPSA) is 15.3 Å². The van der Waals surface area contributed by atoms with Gasteiger partial charge in [-0.05, 0) is 24.8 Å². The Hall–Kier alpha value is 0.270. The van der Waals surface area contributed by atoms with Gasteiger partial charge in [0.05, 0.1) is 0 Å². The van der Waals surface area contributed by atoms with Gasteiger partial charge in [-0.2, -0.15) is 0 Å². The van der Waals surface area contributed by atoms with Gasteiger partial charge in [0.2, 0.25) is 0 Å². The van der Waals surface area contributed by atoms with Crippen molar-refractivity contribution >= 4 is 12.8 Å². The zero-order chi connectivity index (χ0) is 7.03. The lowest BCUT2D eigenvalue weighted by atomic mass is 9.87. The molecule has 58 valence electrons. The van der Waals surface area contributed by atoms with Crippen molar-refractivity contribution in [3.63, 3.8) is 0 Å². The fourth-order valence-corrected chi connectivity index (χ4v) is 2.46. The van der Waals surface area contributed by atoms with E-state index < -0.39 is 0 Å². The minimum atomic E-state index is 0.599. The molecule has 3 heteroatoms. The minimum Gasteiger partial charge on any atom is -0.316 e. The molecule has 10 heavy (non-hydrogen) atoms. The van der Waals surface area contributed by atoms with Gasteiger partial charge in [-0.15, -0.1) is 0 Å². The molecule has 1 N–H and O–H groups in total. The van der Waals surface area contributed by atoms with E-state index in [1.807, 2.05) is 0 Å². The second kappa shape index (κ2) is 2.40. The molecule has 2 rings (SSSR count). The average Bonchev–Trinajstić information content (AvgIpc) is 2.46. The van der Waals surface area contributed by atoms with Gasteiger partial charge in [-0.25, -0.2) is 0 Å². The van der Waals surface area contributed by atoms with Crippen LogP contribution in [0.3, 0.4) is 0 Å².